The molecule has 3 aromatic rings. The summed E-state index contributed by atoms with van der Waals surface area (Å²) in [5, 5.41) is 0. The number of aromatic nitrogens is 1. The number of hydrogen-bond acceptors (Lipinski definition) is 2. The molecule has 0 aliphatic rings. The summed E-state index contributed by atoms with van der Waals surface area (Å²) in [5.41, 5.74) is 11.4. The minimum Gasteiger partial charge on any atom is -0.398 e. The van der Waals surface area contributed by atoms with Gasteiger partial charge < -0.3 is 5.73 Å². The molecule has 0 aliphatic heterocycles. The Labute approximate surface area is 118 Å². The molecule has 0 atom stereocenters. The van der Waals surface area contributed by atoms with Crippen LogP contribution in [0.2, 0.25) is 0 Å². The van der Waals surface area contributed by atoms with Crippen LogP contribution >= 0.6 is 0 Å². The third kappa shape index (κ3) is 2.54. The minimum atomic E-state index is 0.794. The molecule has 0 amide bonds. The van der Waals surface area contributed by atoms with E-state index in [0.29, 0.717) is 0 Å². The number of nitrogen functional groups attached to an aromatic ring is 1. The van der Waals surface area contributed by atoms with Crippen molar-refractivity contribution in [2.75, 3.05) is 5.73 Å². The second-order valence-corrected chi connectivity index (χ2v) is 4.76. The molecule has 2 aromatic carbocycles. The van der Waals surface area contributed by atoms with Crippen LogP contribution in [0.1, 0.15) is 11.1 Å². The van der Waals surface area contributed by atoms with E-state index in [1.165, 1.54) is 5.56 Å². The number of benzene rings is 2. The van der Waals surface area contributed by atoms with Crippen molar-refractivity contribution in [1.82, 2.24) is 4.98 Å². The Bertz CT molecular complexity index is 691. The zero-order valence-corrected chi connectivity index (χ0v) is 11.2. The molecule has 1 heterocycles. The van der Waals surface area contributed by atoms with Crippen molar-refractivity contribution in [1.29, 1.82) is 0 Å². The molecule has 2 heteroatoms. The molecule has 0 saturated heterocycles. The minimum absolute atomic E-state index is 0.794. The van der Waals surface area contributed by atoms with Crippen LogP contribution in [-0.4, -0.2) is 4.98 Å². The Morgan fingerprint density at radius 1 is 0.800 bits per heavy atom. The summed E-state index contributed by atoms with van der Waals surface area (Å²) < 4.78 is 0. The number of hydrogen-bond donors (Lipinski definition) is 1. The molecule has 1 aromatic heterocycles. The lowest BCUT2D eigenvalue weighted by Crippen LogP contribution is -2.00. The van der Waals surface area contributed by atoms with Crippen LogP contribution in [0.15, 0.2) is 72.9 Å². The van der Waals surface area contributed by atoms with Gasteiger partial charge in [0.15, 0.2) is 0 Å². The summed E-state index contributed by atoms with van der Waals surface area (Å²) in [6.45, 7) is 0. The number of nitrogens with two attached hydrogens (primary N) is 1. The first-order valence-electron chi connectivity index (χ1n) is 6.67. The van der Waals surface area contributed by atoms with Gasteiger partial charge in [-0.05, 0) is 11.6 Å². The average Bonchev–Trinajstić information content (AvgIpc) is 2.51. The molecule has 0 radical (unpaired) electrons. The molecule has 2 N–H and O–H groups in total. The Balaban J connectivity index is 2.06. The summed E-state index contributed by atoms with van der Waals surface area (Å²) >= 11 is 0. The standard InChI is InChI=1S/C18H16N2/c19-17-11-12-20-18(15-9-5-2-6-10-15)16(17)13-14-7-3-1-4-8-14/h1-12H,13H2,(H2,19,20). The predicted molar refractivity (Wildman–Crippen MR) is 83.3 cm³/mol. The van der Waals surface area contributed by atoms with E-state index in [-0.39, 0.29) is 0 Å². The number of anilines is 1. The maximum atomic E-state index is 6.17. The van der Waals surface area contributed by atoms with Crippen molar-refractivity contribution in [3.05, 3.63) is 84.1 Å². The fraction of sp³-hybridized carbons (Fsp3) is 0.0556. The molecular formula is C18H16N2. The van der Waals surface area contributed by atoms with Gasteiger partial charge in [-0.3, -0.25) is 4.98 Å². The summed E-state index contributed by atoms with van der Waals surface area (Å²) in [6.07, 6.45) is 2.57. The van der Waals surface area contributed by atoms with E-state index in [2.05, 4.69) is 29.2 Å². The van der Waals surface area contributed by atoms with Crippen molar-refractivity contribution >= 4 is 5.69 Å². The lowest BCUT2D eigenvalue weighted by molar-refractivity contribution is 1.15. The third-order valence-electron chi connectivity index (χ3n) is 3.36. The Morgan fingerprint density at radius 2 is 1.45 bits per heavy atom. The van der Waals surface area contributed by atoms with E-state index in [9.17, 15) is 0 Å². The zero-order valence-electron chi connectivity index (χ0n) is 11.2. The van der Waals surface area contributed by atoms with E-state index in [1.54, 1.807) is 6.20 Å². The normalized spacial score (nSPS) is 10.4. The van der Waals surface area contributed by atoms with Crippen molar-refractivity contribution in [3.8, 4) is 11.3 Å². The fourth-order valence-corrected chi connectivity index (χ4v) is 2.34. The van der Waals surface area contributed by atoms with E-state index in [4.69, 9.17) is 5.73 Å². The smallest absolute Gasteiger partial charge is 0.0757 e. The SMILES string of the molecule is Nc1ccnc(-c2ccccc2)c1Cc1ccccc1. The molecule has 2 nitrogen and oxygen atoms in total. The van der Waals surface area contributed by atoms with Gasteiger partial charge in [-0.25, -0.2) is 0 Å². The van der Waals surface area contributed by atoms with Crippen LogP contribution in [0.25, 0.3) is 11.3 Å². The lowest BCUT2D eigenvalue weighted by atomic mass is 9.98. The first-order valence-corrected chi connectivity index (χ1v) is 6.67. The van der Waals surface area contributed by atoms with Crippen LogP contribution < -0.4 is 5.73 Å². The maximum absolute atomic E-state index is 6.17. The first kappa shape index (κ1) is 12.4. The lowest BCUT2D eigenvalue weighted by Gasteiger charge is -2.11. The molecule has 20 heavy (non-hydrogen) atoms. The van der Waals surface area contributed by atoms with E-state index in [1.807, 2.05) is 42.5 Å². The van der Waals surface area contributed by atoms with Crippen LogP contribution in [-0.2, 0) is 6.42 Å². The molecule has 98 valence electrons. The first-order chi connectivity index (χ1) is 9.84. The molecule has 3 rings (SSSR count). The van der Waals surface area contributed by atoms with Crippen molar-refractivity contribution in [2.45, 2.75) is 6.42 Å². The highest BCUT2D eigenvalue weighted by atomic mass is 14.7. The second-order valence-electron chi connectivity index (χ2n) is 4.76. The second kappa shape index (κ2) is 5.57. The zero-order chi connectivity index (χ0) is 13.8. The molecule has 0 spiro atoms. The van der Waals surface area contributed by atoms with Gasteiger partial charge in [-0.15, -0.1) is 0 Å². The molecule has 0 fully saturated rings. The van der Waals surface area contributed by atoms with Crippen molar-refractivity contribution < 1.29 is 0 Å². The quantitative estimate of drug-likeness (QED) is 0.775. The summed E-state index contributed by atoms with van der Waals surface area (Å²) in [5.74, 6) is 0. The topological polar surface area (TPSA) is 38.9 Å². The van der Waals surface area contributed by atoms with Gasteiger partial charge in [0.1, 0.15) is 0 Å². The summed E-state index contributed by atoms with van der Waals surface area (Å²) in [4.78, 5) is 4.53. The molecule has 0 aliphatic carbocycles. The van der Waals surface area contributed by atoms with Crippen LogP contribution in [0.4, 0.5) is 5.69 Å². The van der Waals surface area contributed by atoms with Gasteiger partial charge in [0.2, 0.25) is 0 Å². The fourth-order valence-electron chi connectivity index (χ4n) is 2.34. The van der Waals surface area contributed by atoms with E-state index >= 15 is 0 Å². The maximum Gasteiger partial charge on any atom is 0.0757 e. The average molecular weight is 260 g/mol. The van der Waals surface area contributed by atoms with Crippen molar-refractivity contribution in [2.24, 2.45) is 0 Å². The molecule has 0 saturated carbocycles. The Hall–Kier alpha value is -2.61. The Morgan fingerprint density at radius 3 is 2.15 bits per heavy atom. The van der Waals surface area contributed by atoms with Gasteiger partial charge >= 0.3 is 0 Å². The molecular weight excluding hydrogens is 244 g/mol. The van der Waals surface area contributed by atoms with E-state index < -0.39 is 0 Å². The van der Waals surface area contributed by atoms with Gasteiger partial charge in [-0.1, -0.05) is 60.7 Å². The van der Waals surface area contributed by atoms with Crippen LogP contribution in [0.3, 0.4) is 0 Å². The monoisotopic (exact) mass is 260 g/mol. The number of nitrogens with zero attached hydrogens (tertiary/aromatic N) is 1. The third-order valence-corrected chi connectivity index (χ3v) is 3.36. The molecule has 0 bridgehead atoms. The highest BCUT2D eigenvalue weighted by Gasteiger charge is 2.10. The van der Waals surface area contributed by atoms with Crippen molar-refractivity contribution in [3.63, 3.8) is 0 Å². The summed E-state index contributed by atoms with van der Waals surface area (Å²) in [7, 11) is 0. The van der Waals surface area contributed by atoms with Gasteiger partial charge in [-0.2, -0.15) is 0 Å². The van der Waals surface area contributed by atoms with Gasteiger partial charge in [0.25, 0.3) is 0 Å². The highest BCUT2D eigenvalue weighted by molar-refractivity contribution is 5.69. The predicted octanol–water partition coefficient (Wildman–Crippen LogP) is 3.92. The van der Waals surface area contributed by atoms with E-state index in [0.717, 1.165) is 28.9 Å². The largest absolute Gasteiger partial charge is 0.398 e. The van der Waals surface area contributed by atoms with Gasteiger partial charge in [0, 0.05) is 29.4 Å². The van der Waals surface area contributed by atoms with Crippen LogP contribution in [0.5, 0.6) is 0 Å². The number of rotatable bonds is 3. The Kier molecular flexibility index (Phi) is 3.46. The highest BCUT2D eigenvalue weighted by Crippen LogP contribution is 2.27. The molecule has 0 unspecified atom stereocenters. The number of pyridine rings is 1. The van der Waals surface area contributed by atoms with Gasteiger partial charge in [0.05, 0.1) is 5.69 Å². The van der Waals surface area contributed by atoms with Crippen LogP contribution in [0, 0.1) is 0 Å². The summed E-state index contributed by atoms with van der Waals surface area (Å²) in [6, 6.07) is 22.4.